The van der Waals surface area contributed by atoms with Gasteiger partial charge < -0.3 is 15.0 Å². The second-order valence-corrected chi connectivity index (χ2v) is 7.28. The fraction of sp³-hybridized carbons (Fsp3) is 0.364. The predicted octanol–water partition coefficient (Wildman–Crippen LogP) is 4.05. The first-order valence-corrected chi connectivity index (χ1v) is 9.80. The second kappa shape index (κ2) is 10.7. The summed E-state index contributed by atoms with van der Waals surface area (Å²) in [7, 11) is 0. The topological polar surface area (TPSA) is 58.6 Å². The maximum absolute atomic E-state index is 13.0. The highest BCUT2D eigenvalue weighted by Crippen LogP contribution is 2.18. The minimum absolute atomic E-state index is 0.00191. The molecule has 0 radical (unpaired) electrons. The molecular formula is C22H27ClN2O3. The van der Waals surface area contributed by atoms with E-state index in [1.807, 2.05) is 51.1 Å². The molecule has 0 spiro atoms. The van der Waals surface area contributed by atoms with Crippen LogP contribution in [-0.4, -0.2) is 35.4 Å². The summed E-state index contributed by atoms with van der Waals surface area (Å²) in [6.45, 7) is 5.86. The Labute approximate surface area is 171 Å². The standard InChI is InChI=1S/C22H27ClN2O3/c1-4-20(22(27)24-16(2)3)25(14-17-9-6-5-7-10-17)21(26)15-28-19-12-8-11-18(23)13-19/h5-13,16,20H,4,14-15H2,1-3H3,(H,24,27)/t20-/m0/s1. The van der Waals surface area contributed by atoms with Gasteiger partial charge >= 0.3 is 0 Å². The highest BCUT2D eigenvalue weighted by molar-refractivity contribution is 6.30. The van der Waals surface area contributed by atoms with Crippen LogP contribution in [0.1, 0.15) is 32.8 Å². The Morgan fingerprint density at radius 1 is 1.11 bits per heavy atom. The van der Waals surface area contributed by atoms with Gasteiger partial charge in [-0.2, -0.15) is 0 Å². The van der Waals surface area contributed by atoms with E-state index in [2.05, 4.69) is 5.32 Å². The van der Waals surface area contributed by atoms with Crippen LogP contribution in [0.4, 0.5) is 0 Å². The molecule has 0 bridgehead atoms. The quantitative estimate of drug-likeness (QED) is 0.688. The normalized spacial score (nSPS) is 11.8. The molecule has 0 saturated carbocycles. The zero-order valence-corrected chi connectivity index (χ0v) is 17.3. The number of hydrogen-bond donors (Lipinski definition) is 1. The molecule has 6 heteroatoms. The first-order chi connectivity index (χ1) is 13.4. The van der Waals surface area contributed by atoms with E-state index < -0.39 is 6.04 Å². The molecule has 1 atom stereocenters. The van der Waals surface area contributed by atoms with Crippen LogP contribution in [-0.2, 0) is 16.1 Å². The highest BCUT2D eigenvalue weighted by Gasteiger charge is 2.29. The van der Waals surface area contributed by atoms with Crippen LogP contribution in [0.5, 0.6) is 5.75 Å². The van der Waals surface area contributed by atoms with Crippen molar-refractivity contribution in [2.45, 2.75) is 45.8 Å². The summed E-state index contributed by atoms with van der Waals surface area (Å²) in [5.74, 6) is 0.0966. The van der Waals surface area contributed by atoms with Crippen molar-refractivity contribution in [1.29, 1.82) is 0 Å². The molecule has 0 aliphatic heterocycles. The second-order valence-electron chi connectivity index (χ2n) is 6.84. The van der Waals surface area contributed by atoms with Gasteiger partial charge in [-0.1, -0.05) is 54.9 Å². The number of carbonyl (C=O) groups excluding carboxylic acids is 2. The molecular weight excluding hydrogens is 376 g/mol. The minimum Gasteiger partial charge on any atom is -0.484 e. The smallest absolute Gasteiger partial charge is 0.261 e. The summed E-state index contributed by atoms with van der Waals surface area (Å²) < 4.78 is 5.62. The van der Waals surface area contributed by atoms with Crippen molar-refractivity contribution in [3.05, 3.63) is 65.2 Å². The Balaban J connectivity index is 2.17. The molecule has 0 aromatic heterocycles. The lowest BCUT2D eigenvalue weighted by Crippen LogP contribution is -2.51. The van der Waals surface area contributed by atoms with Gasteiger partial charge in [-0.05, 0) is 44.0 Å². The van der Waals surface area contributed by atoms with Gasteiger partial charge in [0.05, 0.1) is 0 Å². The Morgan fingerprint density at radius 2 is 1.82 bits per heavy atom. The van der Waals surface area contributed by atoms with Crippen LogP contribution in [0.2, 0.25) is 5.02 Å². The van der Waals surface area contributed by atoms with Gasteiger partial charge in [0.1, 0.15) is 11.8 Å². The van der Waals surface area contributed by atoms with Crippen molar-refractivity contribution in [3.8, 4) is 5.75 Å². The summed E-state index contributed by atoms with van der Waals surface area (Å²) in [6, 6.07) is 15.9. The minimum atomic E-state index is -0.571. The van der Waals surface area contributed by atoms with Gasteiger partial charge in [0.25, 0.3) is 5.91 Å². The first kappa shape index (κ1) is 21.8. The molecule has 0 saturated heterocycles. The number of hydrogen-bond acceptors (Lipinski definition) is 3. The molecule has 1 N–H and O–H groups in total. The van der Waals surface area contributed by atoms with E-state index in [-0.39, 0.29) is 24.5 Å². The van der Waals surface area contributed by atoms with Crippen molar-refractivity contribution in [3.63, 3.8) is 0 Å². The molecule has 0 aliphatic rings. The molecule has 2 amide bonds. The largest absolute Gasteiger partial charge is 0.484 e. The Kier molecular flexibility index (Phi) is 8.33. The number of nitrogens with one attached hydrogen (secondary N) is 1. The molecule has 0 aliphatic carbocycles. The van der Waals surface area contributed by atoms with Crippen LogP contribution in [0.25, 0.3) is 0 Å². The van der Waals surface area contributed by atoms with Crippen molar-refractivity contribution in [2.75, 3.05) is 6.61 Å². The molecule has 0 fully saturated rings. The molecule has 0 unspecified atom stereocenters. The van der Waals surface area contributed by atoms with Crippen LogP contribution < -0.4 is 10.1 Å². The monoisotopic (exact) mass is 402 g/mol. The SMILES string of the molecule is CC[C@@H](C(=O)NC(C)C)N(Cc1ccccc1)C(=O)COc1cccc(Cl)c1. The fourth-order valence-electron chi connectivity index (χ4n) is 2.87. The lowest BCUT2D eigenvalue weighted by atomic mass is 10.1. The zero-order valence-electron chi connectivity index (χ0n) is 16.5. The lowest BCUT2D eigenvalue weighted by Gasteiger charge is -2.31. The Hall–Kier alpha value is -2.53. The van der Waals surface area contributed by atoms with E-state index in [9.17, 15) is 9.59 Å². The highest BCUT2D eigenvalue weighted by atomic mass is 35.5. The van der Waals surface area contributed by atoms with Gasteiger partial charge in [-0.3, -0.25) is 9.59 Å². The predicted molar refractivity (Wildman–Crippen MR) is 111 cm³/mol. The summed E-state index contributed by atoms with van der Waals surface area (Å²) >= 11 is 5.96. The number of benzene rings is 2. The van der Waals surface area contributed by atoms with E-state index in [1.54, 1.807) is 29.2 Å². The van der Waals surface area contributed by atoms with Crippen molar-refractivity contribution < 1.29 is 14.3 Å². The van der Waals surface area contributed by atoms with Crippen molar-refractivity contribution >= 4 is 23.4 Å². The Bertz CT molecular complexity index is 780. The van der Waals surface area contributed by atoms with E-state index in [1.165, 1.54) is 0 Å². The first-order valence-electron chi connectivity index (χ1n) is 9.42. The van der Waals surface area contributed by atoms with Gasteiger partial charge in [0.15, 0.2) is 6.61 Å². The molecule has 150 valence electrons. The number of nitrogens with zero attached hydrogens (tertiary/aromatic N) is 1. The third kappa shape index (κ3) is 6.57. The van der Waals surface area contributed by atoms with E-state index in [0.29, 0.717) is 23.7 Å². The van der Waals surface area contributed by atoms with Crippen LogP contribution in [0, 0.1) is 0 Å². The lowest BCUT2D eigenvalue weighted by molar-refractivity contribution is -0.143. The van der Waals surface area contributed by atoms with E-state index >= 15 is 0 Å². The van der Waals surface area contributed by atoms with Crippen LogP contribution in [0.15, 0.2) is 54.6 Å². The maximum atomic E-state index is 13.0. The van der Waals surface area contributed by atoms with Gasteiger partial charge in [0.2, 0.25) is 5.91 Å². The Morgan fingerprint density at radius 3 is 2.43 bits per heavy atom. The molecule has 28 heavy (non-hydrogen) atoms. The third-order valence-corrected chi connectivity index (χ3v) is 4.41. The molecule has 0 heterocycles. The van der Waals surface area contributed by atoms with Gasteiger partial charge in [-0.25, -0.2) is 0 Å². The average Bonchev–Trinajstić information content (AvgIpc) is 2.66. The number of carbonyl (C=O) groups is 2. The van der Waals surface area contributed by atoms with Crippen LogP contribution >= 0.6 is 11.6 Å². The molecule has 2 aromatic carbocycles. The molecule has 5 nitrogen and oxygen atoms in total. The van der Waals surface area contributed by atoms with Gasteiger partial charge in [0, 0.05) is 17.6 Å². The number of ether oxygens (including phenoxy) is 1. The summed E-state index contributed by atoms with van der Waals surface area (Å²) in [5.41, 5.74) is 0.953. The van der Waals surface area contributed by atoms with Gasteiger partial charge in [-0.15, -0.1) is 0 Å². The van der Waals surface area contributed by atoms with Crippen LogP contribution in [0.3, 0.4) is 0 Å². The van der Waals surface area contributed by atoms with Crippen molar-refractivity contribution in [2.24, 2.45) is 0 Å². The average molecular weight is 403 g/mol. The van der Waals surface area contributed by atoms with E-state index in [4.69, 9.17) is 16.3 Å². The maximum Gasteiger partial charge on any atom is 0.261 e. The third-order valence-electron chi connectivity index (χ3n) is 4.17. The molecule has 2 aromatic rings. The number of halogens is 1. The summed E-state index contributed by atoms with van der Waals surface area (Å²) in [5, 5.41) is 3.44. The van der Waals surface area contributed by atoms with E-state index in [0.717, 1.165) is 5.56 Å². The zero-order chi connectivity index (χ0) is 20.5. The summed E-state index contributed by atoms with van der Waals surface area (Å²) in [6.07, 6.45) is 0.508. The number of rotatable bonds is 9. The number of amides is 2. The molecule has 2 rings (SSSR count). The fourth-order valence-corrected chi connectivity index (χ4v) is 3.05. The van der Waals surface area contributed by atoms with Crippen molar-refractivity contribution in [1.82, 2.24) is 10.2 Å². The summed E-state index contributed by atoms with van der Waals surface area (Å²) in [4.78, 5) is 27.2.